The molecule has 0 aliphatic carbocycles. The van der Waals surface area contributed by atoms with Crippen molar-refractivity contribution in [3.05, 3.63) is 36.4 Å². The van der Waals surface area contributed by atoms with Crippen molar-refractivity contribution in [1.29, 1.82) is 0 Å². The third-order valence-electron chi connectivity index (χ3n) is 2.47. The Hall–Kier alpha value is -1.70. The Kier molecular flexibility index (Phi) is 2.77. The van der Waals surface area contributed by atoms with Gasteiger partial charge in [-0.2, -0.15) is 0 Å². The van der Waals surface area contributed by atoms with E-state index in [9.17, 15) is 0 Å². The molecule has 1 N–H and O–H groups in total. The fraction of sp³-hybridized carbons (Fsp3) is 0.231. The first-order valence-electron chi connectivity index (χ1n) is 5.16. The van der Waals surface area contributed by atoms with Crippen molar-refractivity contribution < 1.29 is 4.74 Å². The molecule has 0 saturated carbocycles. The minimum Gasteiger partial charge on any atom is -0.496 e. The summed E-state index contributed by atoms with van der Waals surface area (Å²) in [5.41, 5.74) is 1.16. The van der Waals surface area contributed by atoms with E-state index in [1.807, 2.05) is 18.2 Å². The molecule has 2 aromatic carbocycles. The van der Waals surface area contributed by atoms with Gasteiger partial charge in [0.15, 0.2) is 0 Å². The van der Waals surface area contributed by atoms with E-state index in [2.05, 4.69) is 30.4 Å². The number of hydrogen-bond acceptors (Lipinski definition) is 2. The number of nitrogens with one attached hydrogen (secondary N) is 1. The van der Waals surface area contributed by atoms with Crippen molar-refractivity contribution in [2.24, 2.45) is 0 Å². The molecule has 0 saturated heterocycles. The second kappa shape index (κ2) is 4.22. The fourth-order valence-corrected chi connectivity index (χ4v) is 1.80. The highest BCUT2D eigenvalue weighted by Gasteiger charge is 2.03. The van der Waals surface area contributed by atoms with Crippen molar-refractivity contribution in [2.45, 2.75) is 6.92 Å². The summed E-state index contributed by atoms with van der Waals surface area (Å²) in [5, 5.41) is 5.70. The minimum atomic E-state index is 0.923. The van der Waals surface area contributed by atoms with E-state index in [0.717, 1.165) is 23.4 Å². The maximum Gasteiger partial charge on any atom is 0.126 e. The van der Waals surface area contributed by atoms with Crippen molar-refractivity contribution in [3.63, 3.8) is 0 Å². The summed E-state index contributed by atoms with van der Waals surface area (Å²) < 4.78 is 5.33. The van der Waals surface area contributed by atoms with E-state index >= 15 is 0 Å². The van der Waals surface area contributed by atoms with Crippen molar-refractivity contribution in [3.8, 4) is 5.75 Å². The first-order chi connectivity index (χ1) is 7.36. The van der Waals surface area contributed by atoms with E-state index < -0.39 is 0 Å². The molecule has 0 aliphatic rings. The number of anilines is 1. The van der Waals surface area contributed by atoms with Gasteiger partial charge in [-0.1, -0.05) is 24.3 Å². The molecule has 0 heterocycles. The van der Waals surface area contributed by atoms with E-state index in [0.29, 0.717) is 0 Å². The number of methoxy groups -OCH3 is 1. The summed E-state index contributed by atoms with van der Waals surface area (Å²) in [6.07, 6.45) is 0. The van der Waals surface area contributed by atoms with Crippen LogP contribution in [0.3, 0.4) is 0 Å². The Morgan fingerprint density at radius 1 is 1.07 bits per heavy atom. The lowest BCUT2D eigenvalue weighted by Crippen LogP contribution is -1.97. The molecule has 0 amide bonds. The zero-order chi connectivity index (χ0) is 10.7. The highest BCUT2D eigenvalue weighted by atomic mass is 16.5. The van der Waals surface area contributed by atoms with Gasteiger partial charge in [-0.25, -0.2) is 0 Å². The van der Waals surface area contributed by atoms with Gasteiger partial charge in [0.2, 0.25) is 0 Å². The Morgan fingerprint density at radius 3 is 2.53 bits per heavy atom. The maximum absolute atomic E-state index is 5.33. The molecule has 0 unspecified atom stereocenters. The largest absolute Gasteiger partial charge is 0.496 e. The lowest BCUT2D eigenvalue weighted by molar-refractivity contribution is 0.420. The first kappa shape index (κ1) is 9.84. The van der Waals surface area contributed by atoms with Crippen LogP contribution in [-0.4, -0.2) is 13.7 Å². The fourth-order valence-electron chi connectivity index (χ4n) is 1.80. The van der Waals surface area contributed by atoms with Crippen LogP contribution in [0.2, 0.25) is 0 Å². The van der Waals surface area contributed by atoms with Crippen LogP contribution >= 0.6 is 0 Å². The number of benzene rings is 2. The van der Waals surface area contributed by atoms with E-state index in [1.54, 1.807) is 7.11 Å². The molecule has 0 aliphatic heterocycles. The van der Waals surface area contributed by atoms with Crippen LogP contribution in [0.25, 0.3) is 10.8 Å². The van der Waals surface area contributed by atoms with Crippen LogP contribution in [0.15, 0.2) is 36.4 Å². The summed E-state index contributed by atoms with van der Waals surface area (Å²) >= 11 is 0. The molecular formula is C13H15NO. The molecule has 78 valence electrons. The predicted octanol–water partition coefficient (Wildman–Crippen LogP) is 3.28. The number of ether oxygens (including phenoxy) is 1. The zero-order valence-electron chi connectivity index (χ0n) is 9.08. The van der Waals surface area contributed by atoms with Crippen LogP contribution in [-0.2, 0) is 0 Å². The molecule has 2 nitrogen and oxygen atoms in total. The topological polar surface area (TPSA) is 21.3 Å². The molecule has 0 bridgehead atoms. The Labute approximate surface area is 89.9 Å². The third kappa shape index (κ3) is 1.75. The van der Waals surface area contributed by atoms with Gasteiger partial charge in [-0.3, -0.25) is 0 Å². The first-order valence-corrected chi connectivity index (χ1v) is 5.16. The van der Waals surface area contributed by atoms with Gasteiger partial charge in [-0.05, 0) is 19.1 Å². The summed E-state index contributed by atoms with van der Waals surface area (Å²) in [7, 11) is 1.70. The molecule has 15 heavy (non-hydrogen) atoms. The standard InChI is InChI=1S/C13H15NO/c1-3-14-12-8-4-7-11-10(12)6-5-9-13(11)15-2/h4-9,14H,3H2,1-2H3. The molecular weight excluding hydrogens is 186 g/mol. The van der Waals surface area contributed by atoms with Crippen LogP contribution in [0.5, 0.6) is 5.75 Å². The number of hydrogen-bond donors (Lipinski definition) is 1. The van der Waals surface area contributed by atoms with E-state index in [4.69, 9.17) is 4.74 Å². The van der Waals surface area contributed by atoms with Gasteiger partial charge in [0.05, 0.1) is 7.11 Å². The average Bonchev–Trinajstić information content (AvgIpc) is 2.29. The van der Waals surface area contributed by atoms with Gasteiger partial charge >= 0.3 is 0 Å². The highest BCUT2D eigenvalue weighted by Crippen LogP contribution is 2.30. The average molecular weight is 201 g/mol. The molecule has 2 aromatic rings. The van der Waals surface area contributed by atoms with Gasteiger partial charge in [0.25, 0.3) is 0 Å². The minimum absolute atomic E-state index is 0.923. The van der Waals surface area contributed by atoms with E-state index in [-0.39, 0.29) is 0 Å². The molecule has 2 rings (SSSR count). The van der Waals surface area contributed by atoms with Crippen LogP contribution < -0.4 is 10.1 Å². The Bertz CT molecular complexity index is 465. The quantitative estimate of drug-likeness (QED) is 0.822. The van der Waals surface area contributed by atoms with Crippen LogP contribution in [0, 0.1) is 0 Å². The second-order valence-electron chi connectivity index (χ2n) is 3.39. The Morgan fingerprint density at radius 2 is 1.80 bits per heavy atom. The monoisotopic (exact) mass is 201 g/mol. The third-order valence-corrected chi connectivity index (χ3v) is 2.47. The zero-order valence-corrected chi connectivity index (χ0v) is 9.08. The van der Waals surface area contributed by atoms with Crippen molar-refractivity contribution >= 4 is 16.5 Å². The second-order valence-corrected chi connectivity index (χ2v) is 3.39. The molecule has 0 fully saturated rings. The number of fused-ring (bicyclic) bond motifs is 1. The van der Waals surface area contributed by atoms with Crippen LogP contribution in [0.1, 0.15) is 6.92 Å². The van der Waals surface area contributed by atoms with Gasteiger partial charge in [0.1, 0.15) is 5.75 Å². The summed E-state index contributed by atoms with van der Waals surface area (Å²) in [6.45, 7) is 3.02. The molecule has 0 atom stereocenters. The smallest absolute Gasteiger partial charge is 0.126 e. The summed E-state index contributed by atoms with van der Waals surface area (Å²) in [6, 6.07) is 12.3. The molecule has 0 aromatic heterocycles. The maximum atomic E-state index is 5.33. The molecule has 0 spiro atoms. The van der Waals surface area contributed by atoms with Crippen LogP contribution in [0.4, 0.5) is 5.69 Å². The predicted molar refractivity (Wildman–Crippen MR) is 64.7 cm³/mol. The SMILES string of the molecule is CCNc1cccc2c(OC)cccc12. The van der Waals surface area contributed by atoms with Gasteiger partial charge < -0.3 is 10.1 Å². The van der Waals surface area contributed by atoms with Gasteiger partial charge in [-0.15, -0.1) is 0 Å². The summed E-state index contributed by atoms with van der Waals surface area (Å²) in [4.78, 5) is 0. The molecule has 2 heteroatoms. The lowest BCUT2D eigenvalue weighted by atomic mass is 10.1. The lowest BCUT2D eigenvalue weighted by Gasteiger charge is -2.10. The Balaban J connectivity index is 2.65. The molecule has 0 radical (unpaired) electrons. The number of rotatable bonds is 3. The van der Waals surface area contributed by atoms with Gasteiger partial charge in [0, 0.05) is 23.0 Å². The highest BCUT2D eigenvalue weighted by molar-refractivity contribution is 5.97. The summed E-state index contributed by atoms with van der Waals surface area (Å²) in [5.74, 6) is 0.923. The van der Waals surface area contributed by atoms with Crippen molar-refractivity contribution in [2.75, 3.05) is 19.0 Å². The van der Waals surface area contributed by atoms with E-state index in [1.165, 1.54) is 5.39 Å². The normalized spacial score (nSPS) is 10.3. The van der Waals surface area contributed by atoms with Crippen molar-refractivity contribution in [1.82, 2.24) is 0 Å².